The zero-order valence-corrected chi connectivity index (χ0v) is 17.6. The second-order valence-electron chi connectivity index (χ2n) is 7.71. The number of benzene rings is 3. The second kappa shape index (κ2) is 6.99. The smallest absolute Gasteiger partial charge is 0.182 e. The second-order valence-corrected chi connectivity index (χ2v) is 8.63. The molecule has 0 aromatic heterocycles. The van der Waals surface area contributed by atoms with Gasteiger partial charge in [0.1, 0.15) is 5.41 Å². The van der Waals surface area contributed by atoms with Gasteiger partial charge in [-0.3, -0.25) is 14.4 Å². The van der Waals surface area contributed by atoms with E-state index in [0.29, 0.717) is 16.7 Å². The zero-order chi connectivity index (χ0) is 20.9. The lowest BCUT2D eigenvalue weighted by Crippen LogP contribution is -2.44. The molecule has 5 rings (SSSR count). The molecule has 0 radical (unpaired) electrons. The van der Waals surface area contributed by atoms with E-state index in [1.807, 2.05) is 54.6 Å². The molecule has 3 aromatic rings. The summed E-state index contributed by atoms with van der Waals surface area (Å²) in [5, 5.41) is 0. The fourth-order valence-electron chi connectivity index (χ4n) is 4.84. The first-order chi connectivity index (χ1) is 14.5. The highest BCUT2D eigenvalue weighted by Gasteiger charge is 2.61. The number of carbonyl (C=O) groups is 3. The van der Waals surface area contributed by atoms with Crippen LogP contribution in [0.25, 0.3) is 5.57 Å². The largest absolute Gasteiger partial charge is 0.295 e. The number of carbonyl (C=O) groups excluding carboxylic acids is 3. The number of hydrogen-bond donors (Lipinski definition) is 0. The third-order valence-electron chi connectivity index (χ3n) is 6.15. The first-order valence-corrected chi connectivity index (χ1v) is 10.6. The van der Waals surface area contributed by atoms with Gasteiger partial charge in [0.2, 0.25) is 0 Å². The summed E-state index contributed by atoms with van der Waals surface area (Å²) >= 11 is 3.44. The van der Waals surface area contributed by atoms with E-state index in [0.717, 1.165) is 15.6 Å². The molecule has 0 bridgehead atoms. The van der Waals surface area contributed by atoms with Crippen molar-refractivity contribution in [2.75, 3.05) is 0 Å². The molecule has 1 atom stereocenters. The van der Waals surface area contributed by atoms with Crippen molar-refractivity contribution in [2.45, 2.75) is 12.3 Å². The molecule has 0 amide bonds. The lowest BCUT2D eigenvalue weighted by atomic mass is 9.58. The number of Topliss-reactive ketones (excluding diaryl/α,β-unsaturated/α-hetero) is 2. The van der Waals surface area contributed by atoms with Crippen molar-refractivity contribution in [1.82, 2.24) is 0 Å². The van der Waals surface area contributed by atoms with Crippen molar-refractivity contribution in [3.8, 4) is 0 Å². The lowest BCUT2D eigenvalue weighted by molar-refractivity contribution is -0.115. The van der Waals surface area contributed by atoms with Crippen molar-refractivity contribution < 1.29 is 14.4 Å². The molecule has 3 aromatic carbocycles. The minimum absolute atomic E-state index is 0.0797. The average Bonchev–Trinajstić information content (AvgIpc) is 2.99. The molecular formula is C26H17BrO3. The van der Waals surface area contributed by atoms with Gasteiger partial charge >= 0.3 is 0 Å². The summed E-state index contributed by atoms with van der Waals surface area (Å²) < 4.78 is 0.897. The zero-order valence-electron chi connectivity index (χ0n) is 16.0. The van der Waals surface area contributed by atoms with E-state index >= 15 is 0 Å². The number of halogens is 1. The van der Waals surface area contributed by atoms with Gasteiger partial charge in [-0.25, -0.2) is 0 Å². The van der Waals surface area contributed by atoms with Gasteiger partial charge in [-0.15, -0.1) is 0 Å². The number of ketones is 3. The fraction of sp³-hybridized carbons (Fsp3) is 0.115. The fourth-order valence-corrected chi connectivity index (χ4v) is 5.10. The van der Waals surface area contributed by atoms with Crippen LogP contribution in [0.5, 0.6) is 0 Å². The minimum Gasteiger partial charge on any atom is -0.295 e. The Morgan fingerprint density at radius 3 is 1.90 bits per heavy atom. The highest BCUT2D eigenvalue weighted by molar-refractivity contribution is 9.10. The molecule has 30 heavy (non-hydrogen) atoms. The van der Waals surface area contributed by atoms with Gasteiger partial charge in [0.15, 0.2) is 17.3 Å². The third-order valence-corrected chi connectivity index (χ3v) is 6.68. The first-order valence-electron chi connectivity index (χ1n) is 9.78. The lowest BCUT2D eigenvalue weighted by Gasteiger charge is -2.40. The van der Waals surface area contributed by atoms with Crippen LogP contribution in [0, 0.1) is 5.41 Å². The summed E-state index contributed by atoms with van der Waals surface area (Å²) in [5.41, 5.74) is 1.46. The van der Waals surface area contributed by atoms with Crippen LogP contribution in [-0.2, 0) is 4.79 Å². The molecule has 4 heteroatoms. The number of allylic oxidation sites excluding steroid dienone is 2. The molecule has 0 saturated carbocycles. The predicted octanol–water partition coefficient (Wildman–Crippen LogP) is 5.65. The Bertz CT molecular complexity index is 1190. The van der Waals surface area contributed by atoms with Crippen molar-refractivity contribution in [3.05, 3.63) is 112 Å². The Morgan fingerprint density at radius 2 is 1.30 bits per heavy atom. The first kappa shape index (κ1) is 18.9. The van der Waals surface area contributed by atoms with Crippen LogP contribution in [0.3, 0.4) is 0 Å². The summed E-state index contributed by atoms with van der Waals surface area (Å²) in [5.74, 6) is -1.09. The van der Waals surface area contributed by atoms with Crippen LogP contribution >= 0.6 is 15.9 Å². The van der Waals surface area contributed by atoms with Crippen molar-refractivity contribution in [3.63, 3.8) is 0 Å². The predicted molar refractivity (Wildman–Crippen MR) is 118 cm³/mol. The summed E-state index contributed by atoms with van der Waals surface area (Å²) in [4.78, 5) is 40.7. The van der Waals surface area contributed by atoms with Crippen molar-refractivity contribution >= 4 is 38.9 Å². The van der Waals surface area contributed by atoms with E-state index in [-0.39, 0.29) is 23.8 Å². The summed E-state index contributed by atoms with van der Waals surface area (Å²) in [6.07, 6.45) is 1.62. The number of hydrogen-bond acceptors (Lipinski definition) is 3. The molecule has 0 N–H and O–H groups in total. The Kier molecular flexibility index (Phi) is 4.40. The summed E-state index contributed by atoms with van der Waals surface area (Å²) in [6.45, 7) is 0. The van der Waals surface area contributed by atoms with E-state index in [4.69, 9.17) is 0 Å². The van der Waals surface area contributed by atoms with Crippen LogP contribution in [0.2, 0.25) is 0 Å². The van der Waals surface area contributed by atoms with Gasteiger partial charge in [-0.05, 0) is 34.9 Å². The quantitative estimate of drug-likeness (QED) is 0.467. The van der Waals surface area contributed by atoms with Gasteiger partial charge < -0.3 is 0 Å². The Morgan fingerprint density at radius 1 is 0.733 bits per heavy atom. The molecular weight excluding hydrogens is 440 g/mol. The van der Waals surface area contributed by atoms with E-state index in [1.54, 1.807) is 24.3 Å². The van der Waals surface area contributed by atoms with Crippen molar-refractivity contribution in [1.29, 1.82) is 0 Å². The molecule has 1 spiro atoms. The van der Waals surface area contributed by atoms with Gasteiger partial charge in [0.25, 0.3) is 0 Å². The maximum atomic E-state index is 13.9. The standard InChI is InChI=1S/C26H17BrO3/c27-18-12-10-17(11-13-18)23-15-19(28)14-22(16-6-2-1-3-7-16)26(23)24(29)20-8-4-5-9-21(20)25(26)30/h1-14,23H,15H2/t23-/m0/s1. The molecule has 146 valence electrons. The van der Waals surface area contributed by atoms with Crippen LogP contribution in [-0.4, -0.2) is 17.3 Å². The molecule has 2 aliphatic rings. The Labute approximate surface area is 182 Å². The Balaban J connectivity index is 1.82. The monoisotopic (exact) mass is 456 g/mol. The van der Waals surface area contributed by atoms with E-state index < -0.39 is 11.3 Å². The van der Waals surface area contributed by atoms with Gasteiger partial charge in [0.05, 0.1) is 0 Å². The minimum atomic E-state index is -1.44. The molecule has 2 aliphatic carbocycles. The van der Waals surface area contributed by atoms with Gasteiger partial charge in [-0.1, -0.05) is 82.7 Å². The van der Waals surface area contributed by atoms with Crippen LogP contribution in [0.4, 0.5) is 0 Å². The molecule has 0 aliphatic heterocycles. The highest BCUT2D eigenvalue weighted by Crippen LogP contribution is 2.57. The number of rotatable bonds is 2. The normalized spacial score (nSPS) is 19.7. The molecule has 0 unspecified atom stereocenters. The molecule has 0 fully saturated rings. The maximum absolute atomic E-state index is 13.9. The van der Waals surface area contributed by atoms with E-state index in [9.17, 15) is 14.4 Å². The topological polar surface area (TPSA) is 51.2 Å². The highest BCUT2D eigenvalue weighted by atomic mass is 79.9. The van der Waals surface area contributed by atoms with Gasteiger partial charge in [0, 0.05) is 27.9 Å². The number of fused-ring (bicyclic) bond motifs is 1. The molecule has 0 heterocycles. The maximum Gasteiger partial charge on any atom is 0.182 e. The van der Waals surface area contributed by atoms with Crippen molar-refractivity contribution in [2.24, 2.45) is 5.41 Å². The molecule has 0 saturated heterocycles. The third kappa shape index (κ3) is 2.60. The van der Waals surface area contributed by atoms with Crippen LogP contribution < -0.4 is 0 Å². The Hall–Kier alpha value is -3.11. The van der Waals surface area contributed by atoms with E-state index in [2.05, 4.69) is 15.9 Å². The average molecular weight is 457 g/mol. The summed E-state index contributed by atoms with van der Waals surface area (Å²) in [7, 11) is 0. The van der Waals surface area contributed by atoms with Crippen LogP contribution in [0.1, 0.15) is 44.2 Å². The SMILES string of the molecule is O=C1C=C(c2ccccc2)C2(C(=O)c3ccccc3C2=O)[C@H](c2ccc(Br)cc2)C1. The van der Waals surface area contributed by atoms with Crippen LogP contribution in [0.15, 0.2) is 89.4 Å². The van der Waals surface area contributed by atoms with E-state index in [1.165, 1.54) is 6.08 Å². The van der Waals surface area contributed by atoms with Gasteiger partial charge in [-0.2, -0.15) is 0 Å². The summed E-state index contributed by atoms with van der Waals surface area (Å²) in [6, 6.07) is 23.8. The molecule has 3 nitrogen and oxygen atoms in total.